The van der Waals surface area contributed by atoms with Crippen LogP contribution < -0.4 is 10.0 Å². The SMILES string of the molecule is CCNC(=NCCS(=O)(=O)NCc1ccccc1)N1CCN(Cc2ccon2)CC1. The van der Waals surface area contributed by atoms with E-state index >= 15 is 0 Å². The number of sulfonamides is 1. The van der Waals surface area contributed by atoms with Crippen LogP contribution in [0, 0.1) is 0 Å². The summed E-state index contributed by atoms with van der Waals surface area (Å²) in [6.07, 6.45) is 1.59. The lowest BCUT2D eigenvalue weighted by Crippen LogP contribution is -2.52. The molecule has 0 bridgehead atoms. The number of nitrogens with zero attached hydrogens (tertiary/aromatic N) is 4. The van der Waals surface area contributed by atoms with Crippen LogP contribution >= 0.6 is 0 Å². The van der Waals surface area contributed by atoms with Crippen LogP contribution in [0.15, 0.2) is 52.2 Å². The highest BCUT2D eigenvalue weighted by Gasteiger charge is 2.20. The number of rotatable bonds is 9. The molecular weight excluding hydrogens is 404 g/mol. The van der Waals surface area contributed by atoms with E-state index in [1.807, 2.05) is 43.3 Å². The van der Waals surface area contributed by atoms with Crippen molar-refractivity contribution in [2.45, 2.75) is 20.0 Å². The van der Waals surface area contributed by atoms with E-state index in [0.29, 0.717) is 6.54 Å². The van der Waals surface area contributed by atoms with Crippen LogP contribution in [0.2, 0.25) is 0 Å². The molecule has 30 heavy (non-hydrogen) atoms. The Kier molecular flexibility index (Phi) is 8.23. The molecule has 0 unspecified atom stereocenters. The van der Waals surface area contributed by atoms with Crippen molar-refractivity contribution < 1.29 is 12.9 Å². The van der Waals surface area contributed by atoms with Crippen LogP contribution in [-0.4, -0.2) is 74.4 Å². The molecule has 1 saturated heterocycles. The highest BCUT2D eigenvalue weighted by Crippen LogP contribution is 2.07. The van der Waals surface area contributed by atoms with Gasteiger partial charge in [-0.15, -0.1) is 0 Å². The minimum Gasteiger partial charge on any atom is -0.364 e. The first kappa shape index (κ1) is 22.3. The lowest BCUT2D eigenvalue weighted by atomic mass is 10.2. The highest BCUT2D eigenvalue weighted by atomic mass is 32.2. The van der Waals surface area contributed by atoms with Crippen molar-refractivity contribution in [3.8, 4) is 0 Å². The molecule has 3 rings (SSSR count). The maximum atomic E-state index is 12.3. The van der Waals surface area contributed by atoms with E-state index in [-0.39, 0.29) is 12.3 Å². The van der Waals surface area contributed by atoms with Crippen LogP contribution in [-0.2, 0) is 23.1 Å². The van der Waals surface area contributed by atoms with Crippen LogP contribution in [0.25, 0.3) is 0 Å². The number of hydrogen-bond acceptors (Lipinski definition) is 6. The van der Waals surface area contributed by atoms with E-state index in [4.69, 9.17) is 4.52 Å². The molecule has 0 aliphatic carbocycles. The van der Waals surface area contributed by atoms with Gasteiger partial charge in [0.1, 0.15) is 6.26 Å². The Labute approximate surface area is 178 Å². The first-order valence-corrected chi connectivity index (χ1v) is 11.9. The second kappa shape index (κ2) is 11.1. The molecule has 2 aromatic rings. The molecule has 0 spiro atoms. The smallest absolute Gasteiger partial charge is 0.213 e. The molecule has 0 saturated carbocycles. The molecule has 1 aromatic heterocycles. The molecule has 1 aliphatic rings. The fourth-order valence-corrected chi connectivity index (χ4v) is 4.09. The fraction of sp³-hybridized carbons (Fsp3) is 0.500. The van der Waals surface area contributed by atoms with Gasteiger partial charge in [-0.2, -0.15) is 0 Å². The minimum absolute atomic E-state index is 0.0408. The molecule has 9 nitrogen and oxygen atoms in total. The van der Waals surface area contributed by atoms with E-state index in [1.54, 1.807) is 6.26 Å². The zero-order chi connectivity index (χ0) is 21.2. The first-order valence-electron chi connectivity index (χ1n) is 10.2. The molecular formula is C20H30N6O3S. The summed E-state index contributed by atoms with van der Waals surface area (Å²) in [4.78, 5) is 9.03. The van der Waals surface area contributed by atoms with E-state index in [9.17, 15) is 8.42 Å². The van der Waals surface area contributed by atoms with Crippen molar-refractivity contribution >= 4 is 16.0 Å². The lowest BCUT2D eigenvalue weighted by Gasteiger charge is -2.36. The second-order valence-corrected chi connectivity index (χ2v) is 9.04. The summed E-state index contributed by atoms with van der Waals surface area (Å²) in [5.41, 5.74) is 1.86. The lowest BCUT2D eigenvalue weighted by molar-refractivity contribution is 0.169. The van der Waals surface area contributed by atoms with Gasteiger partial charge in [-0.25, -0.2) is 13.1 Å². The van der Waals surface area contributed by atoms with Gasteiger partial charge in [0.05, 0.1) is 18.0 Å². The van der Waals surface area contributed by atoms with Gasteiger partial charge in [-0.05, 0) is 12.5 Å². The fourth-order valence-electron chi connectivity index (χ4n) is 3.22. The molecule has 0 amide bonds. The predicted molar refractivity (Wildman–Crippen MR) is 116 cm³/mol. The maximum absolute atomic E-state index is 12.3. The highest BCUT2D eigenvalue weighted by molar-refractivity contribution is 7.89. The van der Waals surface area contributed by atoms with Gasteiger partial charge in [0.25, 0.3) is 0 Å². The molecule has 1 aliphatic heterocycles. The summed E-state index contributed by atoms with van der Waals surface area (Å²) in [5.74, 6) is 0.720. The van der Waals surface area contributed by atoms with Crippen LogP contribution in [0.5, 0.6) is 0 Å². The summed E-state index contributed by atoms with van der Waals surface area (Å²) >= 11 is 0. The number of piperazine rings is 1. The molecule has 2 N–H and O–H groups in total. The number of nitrogens with one attached hydrogen (secondary N) is 2. The number of guanidine groups is 1. The second-order valence-electron chi connectivity index (χ2n) is 7.12. The summed E-state index contributed by atoms with van der Waals surface area (Å²) < 4.78 is 32.1. The number of aromatic nitrogens is 1. The summed E-state index contributed by atoms with van der Waals surface area (Å²) in [6, 6.07) is 11.4. The van der Waals surface area contributed by atoms with Crippen molar-refractivity contribution in [3.63, 3.8) is 0 Å². The normalized spacial score (nSPS) is 16.0. The monoisotopic (exact) mass is 434 g/mol. The van der Waals surface area contributed by atoms with Gasteiger partial charge in [-0.1, -0.05) is 35.5 Å². The van der Waals surface area contributed by atoms with E-state index in [1.165, 1.54) is 0 Å². The largest absolute Gasteiger partial charge is 0.364 e. The minimum atomic E-state index is -3.39. The zero-order valence-electron chi connectivity index (χ0n) is 17.3. The molecule has 164 valence electrons. The Morgan fingerprint density at radius 1 is 1.17 bits per heavy atom. The standard InChI is InChI=1S/C20H30N6O3S/c1-2-21-20(26-12-10-25(11-13-26)17-19-8-14-29-24-19)22-9-15-30(27,28)23-16-18-6-4-3-5-7-18/h3-8,14,23H,2,9-13,15-17H2,1H3,(H,21,22). The Bertz CT molecular complexity index is 879. The Morgan fingerprint density at radius 2 is 1.93 bits per heavy atom. The van der Waals surface area contributed by atoms with Crippen LogP contribution in [0.4, 0.5) is 0 Å². The molecule has 0 atom stereocenters. The van der Waals surface area contributed by atoms with Gasteiger partial charge in [0.15, 0.2) is 5.96 Å². The van der Waals surface area contributed by atoms with Gasteiger partial charge >= 0.3 is 0 Å². The van der Waals surface area contributed by atoms with Crippen molar-refractivity contribution in [2.24, 2.45) is 4.99 Å². The first-order chi connectivity index (χ1) is 14.6. The molecule has 1 fully saturated rings. The molecule has 1 aromatic carbocycles. The summed E-state index contributed by atoms with van der Waals surface area (Å²) in [7, 11) is -3.39. The Balaban J connectivity index is 1.47. The molecule has 10 heteroatoms. The van der Waals surface area contributed by atoms with Gasteiger partial charge in [0.2, 0.25) is 10.0 Å². The molecule has 2 heterocycles. The zero-order valence-corrected chi connectivity index (χ0v) is 18.1. The molecule has 0 radical (unpaired) electrons. The van der Waals surface area contributed by atoms with E-state index < -0.39 is 10.0 Å². The topological polar surface area (TPSA) is 103 Å². The van der Waals surface area contributed by atoms with Gasteiger partial charge < -0.3 is 14.7 Å². The van der Waals surface area contributed by atoms with E-state index in [2.05, 4.69) is 30.0 Å². The third kappa shape index (κ3) is 7.12. The average Bonchev–Trinajstić information content (AvgIpc) is 3.26. The third-order valence-corrected chi connectivity index (χ3v) is 6.15. The Hall–Kier alpha value is -2.43. The third-order valence-electron chi connectivity index (χ3n) is 4.84. The van der Waals surface area contributed by atoms with Crippen molar-refractivity contribution in [1.82, 2.24) is 25.0 Å². The summed E-state index contributed by atoms with van der Waals surface area (Å²) in [5, 5.41) is 7.23. The van der Waals surface area contributed by atoms with Crippen molar-refractivity contribution in [2.75, 3.05) is 45.0 Å². The van der Waals surface area contributed by atoms with E-state index in [0.717, 1.165) is 56.5 Å². The summed E-state index contributed by atoms with van der Waals surface area (Å²) in [6.45, 7) is 7.43. The van der Waals surface area contributed by atoms with Crippen molar-refractivity contribution in [1.29, 1.82) is 0 Å². The van der Waals surface area contributed by atoms with Crippen LogP contribution in [0.1, 0.15) is 18.2 Å². The van der Waals surface area contributed by atoms with Gasteiger partial charge in [-0.3, -0.25) is 9.89 Å². The van der Waals surface area contributed by atoms with Crippen LogP contribution in [0.3, 0.4) is 0 Å². The predicted octanol–water partition coefficient (Wildman–Crippen LogP) is 0.877. The number of benzene rings is 1. The number of hydrogen-bond donors (Lipinski definition) is 2. The maximum Gasteiger partial charge on any atom is 0.213 e. The average molecular weight is 435 g/mol. The quantitative estimate of drug-likeness (QED) is 0.446. The van der Waals surface area contributed by atoms with Crippen molar-refractivity contribution in [3.05, 3.63) is 53.9 Å². The Morgan fingerprint density at radius 3 is 2.60 bits per heavy atom. The number of aliphatic imine (C=N–C) groups is 1. The van der Waals surface area contributed by atoms with Gasteiger partial charge in [0, 0.05) is 51.9 Å².